The highest BCUT2D eigenvalue weighted by Gasteiger charge is 2.13. The number of aryl methyl sites for hydroxylation is 2. The summed E-state index contributed by atoms with van der Waals surface area (Å²) in [5, 5.41) is 2.81. The summed E-state index contributed by atoms with van der Waals surface area (Å²) >= 11 is 0. The third-order valence-electron chi connectivity index (χ3n) is 4.21. The SMILES string of the molecule is Cc1cc(CNC(=O)c2cc(C)nc(CC(=O)C(C)C)c2)cc(OCC(F)F)c1. The number of hydrogen-bond acceptors (Lipinski definition) is 4. The van der Waals surface area contributed by atoms with Gasteiger partial charge < -0.3 is 10.1 Å². The predicted molar refractivity (Wildman–Crippen MR) is 106 cm³/mol. The number of pyridine rings is 1. The average Bonchev–Trinajstić information content (AvgIpc) is 2.63. The van der Waals surface area contributed by atoms with Gasteiger partial charge in [-0.15, -0.1) is 0 Å². The van der Waals surface area contributed by atoms with Gasteiger partial charge in [-0.05, 0) is 49.2 Å². The lowest BCUT2D eigenvalue weighted by Crippen LogP contribution is -2.23. The number of amides is 1. The monoisotopic (exact) mass is 404 g/mol. The second-order valence-corrected chi connectivity index (χ2v) is 7.33. The van der Waals surface area contributed by atoms with Crippen LogP contribution in [0.15, 0.2) is 30.3 Å². The molecule has 7 heteroatoms. The molecule has 29 heavy (non-hydrogen) atoms. The molecule has 0 spiro atoms. The van der Waals surface area contributed by atoms with Gasteiger partial charge in [-0.2, -0.15) is 0 Å². The number of nitrogens with zero attached hydrogens (tertiary/aromatic N) is 1. The van der Waals surface area contributed by atoms with E-state index in [1.165, 1.54) is 0 Å². The molecule has 1 amide bonds. The van der Waals surface area contributed by atoms with Crippen molar-refractivity contribution in [2.75, 3.05) is 6.61 Å². The van der Waals surface area contributed by atoms with Crippen molar-refractivity contribution in [1.29, 1.82) is 0 Å². The minimum atomic E-state index is -2.55. The Bertz CT molecular complexity index is 882. The molecule has 0 bridgehead atoms. The van der Waals surface area contributed by atoms with Crippen LogP contribution in [0.25, 0.3) is 0 Å². The van der Waals surface area contributed by atoms with E-state index in [0.29, 0.717) is 22.7 Å². The highest BCUT2D eigenvalue weighted by Crippen LogP contribution is 2.18. The molecule has 0 radical (unpaired) electrons. The van der Waals surface area contributed by atoms with Crippen molar-refractivity contribution in [2.45, 2.75) is 47.1 Å². The number of carbonyl (C=O) groups is 2. The standard InChI is InChI=1S/C22H26F2N2O3/c1-13(2)20(27)10-18-9-17(7-15(4)26-18)22(28)25-11-16-5-14(3)6-19(8-16)29-12-21(23)24/h5-9,13,21H,10-12H2,1-4H3,(H,25,28). The number of ether oxygens (including phenoxy) is 1. The third-order valence-corrected chi connectivity index (χ3v) is 4.21. The largest absolute Gasteiger partial charge is 0.488 e. The molecule has 0 aliphatic carbocycles. The molecule has 156 valence electrons. The first-order valence-corrected chi connectivity index (χ1v) is 9.44. The van der Waals surface area contributed by atoms with Gasteiger partial charge in [0.1, 0.15) is 18.1 Å². The molecule has 2 rings (SSSR count). The molecule has 0 fully saturated rings. The van der Waals surface area contributed by atoms with Crippen LogP contribution in [0.3, 0.4) is 0 Å². The van der Waals surface area contributed by atoms with Crippen LogP contribution >= 0.6 is 0 Å². The fraction of sp³-hybridized carbons (Fsp3) is 0.409. The van der Waals surface area contributed by atoms with Crippen LogP contribution < -0.4 is 10.1 Å². The predicted octanol–water partition coefficient (Wildman–Crippen LogP) is 4.04. The zero-order chi connectivity index (χ0) is 21.6. The summed E-state index contributed by atoms with van der Waals surface area (Å²) in [6.45, 7) is 6.79. The summed E-state index contributed by atoms with van der Waals surface area (Å²) in [5.41, 5.74) is 3.22. The van der Waals surface area contributed by atoms with E-state index in [2.05, 4.69) is 10.3 Å². The lowest BCUT2D eigenvalue weighted by atomic mass is 10.0. The van der Waals surface area contributed by atoms with Crippen LogP contribution in [0.5, 0.6) is 5.75 Å². The van der Waals surface area contributed by atoms with Crippen LogP contribution in [-0.2, 0) is 17.8 Å². The second-order valence-electron chi connectivity index (χ2n) is 7.33. The summed E-state index contributed by atoms with van der Waals surface area (Å²) in [4.78, 5) is 28.9. The molecule has 1 N–H and O–H groups in total. The van der Waals surface area contributed by atoms with Crippen LogP contribution in [0.4, 0.5) is 8.78 Å². The van der Waals surface area contributed by atoms with Crippen molar-refractivity contribution >= 4 is 11.7 Å². The maximum Gasteiger partial charge on any atom is 0.272 e. The quantitative estimate of drug-likeness (QED) is 0.685. The van der Waals surface area contributed by atoms with Gasteiger partial charge in [-0.1, -0.05) is 19.9 Å². The number of Topliss-reactive ketones (excluding diaryl/α,β-unsaturated/α-hetero) is 1. The minimum absolute atomic E-state index is 0.0607. The first-order valence-electron chi connectivity index (χ1n) is 9.44. The smallest absolute Gasteiger partial charge is 0.272 e. The molecule has 0 aliphatic heterocycles. The maximum absolute atomic E-state index is 12.6. The number of hydrogen-bond donors (Lipinski definition) is 1. The van der Waals surface area contributed by atoms with Crippen molar-refractivity contribution in [3.05, 3.63) is 58.4 Å². The molecule has 1 aromatic carbocycles. The Morgan fingerprint density at radius 3 is 2.48 bits per heavy atom. The van der Waals surface area contributed by atoms with Crippen LogP contribution in [0.1, 0.15) is 46.7 Å². The summed E-state index contributed by atoms with van der Waals surface area (Å²) in [6, 6.07) is 8.42. The van der Waals surface area contributed by atoms with E-state index in [9.17, 15) is 18.4 Å². The zero-order valence-electron chi connectivity index (χ0n) is 17.1. The molecule has 0 saturated heterocycles. The molecule has 2 aromatic rings. The number of aromatic nitrogens is 1. The Balaban J connectivity index is 2.07. The van der Waals surface area contributed by atoms with Gasteiger partial charge in [-0.3, -0.25) is 14.6 Å². The number of alkyl halides is 2. The van der Waals surface area contributed by atoms with Gasteiger partial charge in [0.25, 0.3) is 12.3 Å². The number of carbonyl (C=O) groups excluding carboxylic acids is 2. The Kier molecular flexibility index (Phi) is 7.82. The average molecular weight is 404 g/mol. The van der Waals surface area contributed by atoms with Gasteiger partial charge in [-0.25, -0.2) is 8.78 Å². The normalized spacial score (nSPS) is 11.0. The van der Waals surface area contributed by atoms with Gasteiger partial charge in [0.2, 0.25) is 0 Å². The van der Waals surface area contributed by atoms with E-state index in [1.54, 1.807) is 31.2 Å². The lowest BCUT2D eigenvalue weighted by Gasteiger charge is -2.11. The Morgan fingerprint density at radius 2 is 1.83 bits per heavy atom. The van der Waals surface area contributed by atoms with Crippen molar-refractivity contribution < 1.29 is 23.1 Å². The second kappa shape index (κ2) is 10.1. The van der Waals surface area contributed by atoms with Gasteiger partial charge >= 0.3 is 0 Å². The van der Waals surface area contributed by atoms with E-state index >= 15 is 0 Å². The van der Waals surface area contributed by atoms with Crippen LogP contribution in [0.2, 0.25) is 0 Å². The minimum Gasteiger partial charge on any atom is -0.488 e. The van der Waals surface area contributed by atoms with Gasteiger partial charge in [0, 0.05) is 35.8 Å². The number of nitrogens with one attached hydrogen (secondary N) is 1. The van der Waals surface area contributed by atoms with E-state index in [1.807, 2.05) is 26.8 Å². The van der Waals surface area contributed by atoms with E-state index in [4.69, 9.17) is 4.74 Å². The van der Waals surface area contributed by atoms with E-state index in [0.717, 1.165) is 11.1 Å². The summed E-state index contributed by atoms with van der Waals surface area (Å²) in [7, 11) is 0. The van der Waals surface area contributed by atoms with Crippen molar-refractivity contribution in [3.8, 4) is 5.75 Å². The highest BCUT2D eigenvalue weighted by molar-refractivity contribution is 5.94. The summed E-state index contributed by atoms with van der Waals surface area (Å²) < 4.78 is 29.8. The number of rotatable bonds is 9. The maximum atomic E-state index is 12.6. The van der Waals surface area contributed by atoms with Crippen LogP contribution in [-0.4, -0.2) is 29.7 Å². The molecule has 1 aromatic heterocycles. The molecular formula is C22H26F2N2O3. The highest BCUT2D eigenvalue weighted by atomic mass is 19.3. The van der Waals surface area contributed by atoms with E-state index in [-0.39, 0.29) is 30.6 Å². The fourth-order valence-electron chi connectivity index (χ4n) is 2.80. The molecule has 1 heterocycles. The summed E-state index contributed by atoms with van der Waals surface area (Å²) in [5.74, 6) is -0.00275. The number of ketones is 1. The summed E-state index contributed by atoms with van der Waals surface area (Å²) in [6.07, 6.45) is -2.37. The van der Waals surface area contributed by atoms with Crippen LogP contribution in [0, 0.1) is 19.8 Å². The third kappa shape index (κ3) is 7.25. The molecule has 0 aliphatic rings. The topological polar surface area (TPSA) is 68.3 Å². The van der Waals surface area contributed by atoms with Gasteiger partial charge in [0.15, 0.2) is 0 Å². The molecule has 0 saturated carbocycles. The van der Waals surface area contributed by atoms with Crippen molar-refractivity contribution in [3.63, 3.8) is 0 Å². The van der Waals surface area contributed by atoms with Crippen molar-refractivity contribution in [1.82, 2.24) is 10.3 Å². The lowest BCUT2D eigenvalue weighted by molar-refractivity contribution is -0.121. The Labute approximate surface area is 169 Å². The van der Waals surface area contributed by atoms with Gasteiger partial charge in [0.05, 0.1) is 0 Å². The number of benzene rings is 1. The zero-order valence-corrected chi connectivity index (χ0v) is 17.1. The number of halogens is 2. The molecule has 5 nitrogen and oxygen atoms in total. The Morgan fingerprint density at radius 1 is 1.10 bits per heavy atom. The first-order chi connectivity index (χ1) is 13.6. The molecular weight excluding hydrogens is 378 g/mol. The molecule has 0 atom stereocenters. The first kappa shape index (κ1) is 22.5. The van der Waals surface area contributed by atoms with E-state index < -0.39 is 13.0 Å². The van der Waals surface area contributed by atoms with Crippen molar-refractivity contribution in [2.24, 2.45) is 5.92 Å². The molecule has 0 unspecified atom stereocenters. The fourth-order valence-corrected chi connectivity index (χ4v) is 2.80. The Hall–Kier alpha value is -2.83.